The summed E-state index contributed by atoms with van der Waals surface area (Å²) in [5, 5.41) is 19.8. The van der Waals surface area contributed by atoms with E-state index in [1.165, 1.54) is 6.08 Å². The molecule has 0 saturated heterocycles. The third-order valence-corrected chi connectivity index (χ3v) is 3.24. The van der Waals surface area contributed by atoms with Crippen molar-refractivity contribution >= 4 is 5.78 Å². The molecular weight excluding hydrogens is 204 g/mol. The van der Waals surface area contributed by atoms with Crippen LogP contribution in [0.3, 0.4) is 0 Å². The van der Waals surface area contributed by atoms with Gasteiger partial charge in [-0.25, -0.2) is 0 Å². The lowest BCUT2D eigenvalue weighted by Gasteiger charge is -2.44. The van der Waals surface area contributed by atoms with Gasteiger partial charge in [0.05, 0.1) is 6.10 Å². The molecule has 1 aliphatic rings. The Bertz CT molecular complexity index is 350. The van der Waals surface area contributed by atoms with Crippen LogP contribution in [0.5, 0.6) is 0 Å². The highest BCUT2D eigenvalue weighted by molar-refractivity contribution is 5.92. The average molecular weight is 224 g/mol. The van der Waals surface area contributed by atoms with E-state index >= 15 is 0 Å². The molecule has 1 rings (SSSR count). The number of hydrogen-bond donors (Lipinski definition) is 2. The molecule has 2 atom stereocenters. The van der Waals surface area contributed by atoms with Gasteiger partial charge < -0.3 is 10.2 Å². The fourth-order valence-corrected chi connectivity index (χ4v) is 2.14. The van der Waals surface area contributed by atoms with Crippen molar-refractivity contribution in [1.29, 1.82) is 0 Å². The number of hydrogen-bond acceptors (Lipinski definition) is 3. The van der Waals surface area contributed by atoms with E-state index in [1.54, 1.807) is 26.0 Å². The van der Waals surface area contributed by atoms with Gasteiger partial charge in [-0.1, -0.05) is 19.9 Å². The van der Waals surface area contributed by atoms with Crippen LogP contribution in [0.2, 0.25) is 0 Å². The molecular formula is C13H20O3. The van der Waals surface area contributed by atoms with Gasteiger partial charge in [-0.3, -0.25) is 4.79 Å². The summed E-state index contributed by atoms with van der Waals surface area (Å²) >= 11 is 0. The lowest BCUT2D eigenvalue weighted by molar-refractivity contribution is -0.121. The van der Waals surface area contributed by atoms with Crippen LogP contribution in [-0.2, 0) is 4.79 Å². The van der Waals surface area contributed by atoms with E-state index < -0.39 is 17.1 Å². The molecule has 1 aliphatic carbocycles. The third kappa shape index (κ3) is 2.25. The second kappa shape index (κ2) is 4.15. The zero-order chi connectivity index (χ0) is 12.6. The lowest BCUT2D eigenvalue weighted by Crippen LogP contribution is -2.48. The maximum Gasteiger partial charge on any atom is 0.156 e. The van der Waals surface area contributed by atoms with Gasteiger partial charge in [-0.05, 0) is 31.6 Å². The molecule has 0 aromatic heterocycles. The van der Waals surface area contributed by atoms with Crippen LogP contribution in [0.1, 0.15) is 34.1 Å². The monoisotopic (exact) mass is 224 g/mol. The van der Waals surface area contributed by atoms with E-state index in [9.17, 15) is 15.0 Å². The molecule has 90 valence electrons. The Hall–Kier alpha value is -0.930. The summed E-state index contributed by atoms with van der Waals surface area (Å²) in [5.74, 6) is 0.0395. The Balaban J connectivity index is 3.16. The Morgan fingerprint density at radius 3 is 2.50 bits per heavy atom. The van der Waals surface area contributed by atoms with Gasteiger partial charge in [0.15, 0.2) is 5.78 Å². The number of carbonyl (C=O) groups is 1. The number of aliphatic hydroxyl groups excluding tert-OH is 1. The zero-order valence-electron chi connectivity index (χ0n) is 10.3. The largest absolute Gasteiger partial charge is 0.389 e. The molecule has 0 amide bonds. The van der Waals surface area contributed by atoms with E-state index in [0.29, 0.717) is 12.0 Å². The number of aliphatic hydroxyl groups is 2. The van der Waals surface area contributed by atoms with Crippen molar-refractivity contribution in [3.05, 3.63) is 23.8 Å². The van der Waals surface area contributed by atoms with Gasteiger partial charge in [0.25, 0.3) is 0 Å². The fourth-order valence-electron chi connectivity index (χ4n) is 2.14. The zero-order valence-corrected chi connectivity index (χ0v) is 10.3. The quantitative estimate of drug-likeness (QED) is 0.700. The van der Waals surface area contributed by atoms with Crippen LogP contribution in [0, 0.1) is 5.41 Å². The molecule has 3 heteroatoms. The summed E-state index contributed by atoms with van der Waals surface area (Å²) < 4.78 is 0. The lowest BCUT2D eigenvalue weighted by atomic mass is 9.64. The van der Waals surface area contributed by atoms with Crippen LogP contribution < -0.4 is 0 Å². The number of carbonyl (C=O) groups excluding carboxylic acids is 1. The smallest absolute Gasteiger partial charge is 0.156 e. The minimum Gasteiger partial charge on any atom is -0.389 e. The van der Waals surface area contributed by atoms with Crippen molar-refractivity contribution in [2.75, 3.05) is 0 Å². The standard InChI is InChI=1S/C13H20O3/c1-9-7-11(15)8-12(3,4)13(9,16)6-5-10(2)14/h5-7,10,14,16H,8H2,1-4H3/b6-5+. The van der Waals surface area contributed by atoms with Gasteiger partial charge in [-0.2, -0.15) is 0 Å². The SMILES string of the molecule is CC1=CC(=O)CC(C)(C)C1(O)/C=C/C(C)O. The highest BCUT2D eigenvalue weighted by Gasteiger charge is 2.46. The summed E-state index contributed by atoms with van der Waals surface area (Å²) in [7, 11) is 0. The number of ketones is 1. The molecule has 16 heavy (non-hydrogen) atoms. The van der Waals surface area contributed by atoms with Gasteiger partial charge in [0.2, 0.25) is 0 Å². The van der Waals surface area contributed by atoms with E-state index in [-0.39, 0.29) is 5.78 Å². The van der Waals surface area contributed by atoms with Crippen LogP contribution in [0.4, 0.5) is 0 Å². The fraction of sp³-hybridized carbons (Fsp3) is 0.615. The van der Waals surface area contributed by atoms with E-state index in [1.807, 2.05) is 13.8 Å². The van der Waals surface area contributed by atoms with Crippen LogP contribution in [-0.4, -0.2) is 27.7 Å². The predicted molar refractivity (Wildman–Crippen MR) is 62.9 cm³/mol. The second-order valence-electron chi connectivity index (χ2n) is 5.22. The first-order valence-corrected chi connectivity index (χ1v) is 5.50. The van der Waals surface area contributed by atoms with Crippen molar-refractivity contribution < 1.29 is 15.0 Å². The van der Waals surface area contributed by atoms with Gasteiger partial charge >= 0.3 is 0 Å². The van der Waals surface area contributed by atoms with Crippen molar-refractivity contribution in [3.8, 4) is 0 Å². The minimum atomic E-state index is -1.15. The Labute approximate surface area is 96.5 Å². The number of rotatable bonds is 2. The molecule has 0 aromatic rings. The van der Waals surface area contributed by atoms with E-state index in [0.717, 1.165) is 0 Å². The van der Waals surface area contributed by atoms with Crippen molar-refractivity contribution in [3.63, 3.8) is 0 Å². The van der Waals surface area contributed by atoms with Gasteiger partial charge in [0.1, 0.15) is 5.60 Å². The molecule has 0 heterocycles. The summed E-state index contributed by atoms with van der Waals surface area (Å²) in [6.07, 6.45) is 4.33. The Kier molecular flexibility index (Phi) is 3.41. The van der Waals surface area contributed by atoms with Crippen molar-refractivity contribution in [2.24, 2.45) is 5.41 Å². The van der Waals surface area contributed by atoms with Crippen LogP contribution >= 0.6 is 0 Å². The first-order chi connectivity index (χ1) is 7.19. The highest BCUT2D eigenvalue weighted by Crippen LogP contribution is 2.44. The molecule has 0 bridgehead atoms. The third-order valence-electron chi connectivity index (χ3n) is 3.24. The molecule has 0 aliphatic heterocycles. The maximum atomic E-state index is 11.5. The first kappa shape index (κ1) is 13.1. The van der Waals surface area contributed by atoms with Crippen LogP contribution in [0.15, 0.2) is 23.8 Å². The van der Waals surface area contributed by atoms with E-state index in [2.05, 4.69) is 0 Å². The van der Waals surface area contributed by atoms with Crippen LogP contribution in [0.25, 0.3) is 0 Å². The summed E-state index contributed by atoms with van der Waals surface area (Å²) in [6, 6.07) is 0. The molecule has 0 spiro atoms. The highest BCUT2D eigenvalue weighted by atomic mass is 16.3. The summed E-state index contributed by atoms with van der Waals surface area (Å²) in [5.41, 5.74) is -1.07. The molecule has 0 saturated carbocycles. The molecule has 3 nitrogen and oxygen atoms in total. The normalized spacial score (nSPS) is 31.6. The second-order valence-corrected chi connectivity index (χ2v) is 5.22. The minimum absolute atomic E-state index is 0.0395. The topological polar surface area (TPSA) is 57.5 Å². The molecule has 0 fully saturated rings. The molecule has 2 unspecified atom stereocenters. The summed E-state index contributed by atoms with van der Waals surface area (Å²) in [4.78, 5) is 11.5. The Morgan fingerprint density at radius 2 is 2.06 bits per heavy atom. The number of allylic oxidation sites excluding steroid dienone is 1. The molecule has 0 aromatic carbocycles. The predicted octanol–water partition coefficient (Wildman–Crippen LogP) is 1.60. The molecule has 0 radical (unpaired) electrons. The van der Waals surface area contributed by atoms with Gasteiger partial charge in [0, 0.05) is 11.8 Å². The average Bonchev–Trinajstić information content (AvgIpc) is 2.10. The van der Waals surface area contributed by atoms with Crippen molar-refractivity contribution in [2.45, 2.75) is 45.8 Å². The van der Waals surface area contributed by atoms with E-state index in [4.69, 9.17) is 0 Å². The Morgan fingerprint density at radius 1 is 1.50 bits per heavy atom. The van der Waals surface area contributed by atoms with Crippen molar-refractivity contribution in [1.82, 2.24) is 0 Å². The first-order valence-electron chi connectivity index (χ1n) is 5.50. The molecule has 2 N–H and O–H groups in total. The maximum absolute atomic E-state index is 11.5. The van der Waals surface area contributed by atoms with Gasteiger partial charge in [-0.15, -0.1) is 0 Å². The summed E-state index contributed by atoms with van der Waals surface area (Å²) in [6.45, 7) is 7.08.